The first kappa shape index (κ1) is 17.4. The van der Waals surface area contributed by atoms with Crippen molar-refractivity contribution >= 4 is 22.8 Å². The Morgan fingerprint density at radius 1 is 1.29 bits per heavy atom. The van der Waals surface area contributed by atoms with Gasteiger partial charge in [0.1, 0.15) is 11.6 Å². The number of carbonyl (C=O) groups is 1. The van der Waals surface area contributed by atoms with E-state index < -0.39 is 6.09 Å². The molecule has 0 aliphatic carbocycles. The summed E-state index contributed by atoms with van der Waals surface area (Å²) in [7, 11) is 0. The molecule has 0 saturated carbocycles. The van der Waals surface area contributed by atoms with E-state index in [1.165, 1.54) is 6.20 Å². The molecule has 0 bridgehead atoms. The Bertz CT molecular complexity index is 1150. The van der Waals surface area contributed by atoms with E-state index in [0.29, 0.717) is 11.6 Å². The number of aromatic amines is 2. The number of amides is 1. The predicted molar refractivity (Wildman–Crippen MR) is 104 cm³/mol. The summed E-state index contributed by atoms with van der Waals surface area (Å²) in [5.74, 6) is 1.27. The molecule has 28 heavy (non-hydrogen) atoms. The first-order valence-electron chi connectivity index (χ1n) is 8.56. The molecule has 0 unspecified atom stereocenters. The molecule has 0 spiro atoms. The van der Waals surface area contributed by atoms with Gasteiger partial charge in [0.05, 0.1) is 17.8 Å². The zero-order valence-electron chi connectivity index (χ0n) is 14.9. The van der Waals surface area contributed by atoms with Crippen molar-refractivity contribution in [3.8, 4) is 23.0 Å². The highest BCUT2D eigenvalue weighted by atomic mass is 16.6. The lowest BCUT2D eigenvalue weighted by molar-refractivity contribution is 0.195. The van der Waals surface area contributed by atoms with E-state index in [9.17, 15) is 9.90 Å². The largest absolute Gasteiger partial charge is 0.508 e. The first-order chi connectivity index (χ1) is 13.5. The minimum absolute atomic E-state index is 0.132. The van der Waals surface area contributed by atoms with E-state index in [4.69, 9.17) is 10.5 Å². The Morgan fingerprint density at radius 2 is 2.14 bits per heavy atom. The smallest absolute Gasteiger partial charge is 0.414 e. The van der Waals surface area contributed by atoms with Crippen LogP contribution < -0.4 is 15.8 Å². The number of nitrogen functional groups attached to an aromatic ring is 1. The van der Waals surface area contributed by atoms with E-state index in [0.717, 1.165) is 22.0 Å². The molecule has 4 rings (SSSR count). The number of nitrogens with zero attached hydrogens (tertiary/aromatic N) is 2. The van der Waals surface area contributed by atoms with Crippen LogP contribution in [0.2, 0.25) is 0 Å². The molecule has 0 fully saturated rings. The number of carbonyl (C=O) groups excluding carboxylic acids is 1. The van der Waals surface area contributed by atoms with Crippen molar-refractivity contribution < 1.29 is 14.6 Å². The van der Waals surface area contributed by atoms with Gasteiger partial charge in [-0.25, -0.2) is 9.78 Å². The van der Waals surface area contributed by atoms with Crippen LogP contribution in [0, 0.1) is 0 Å². The zero-order valence-corrected chi connectivity index (χ0v) is 14.9. The van der Waals surface area contributed by atoms with Gasteiger partial charge in [-0.15, -0.1) is 0 Å². The van der Waals surface area contributed by atoms with Gasteiger partial charge in [0, 0.05) is 10.9 Å². The van der Waals surface area contributed by atoms with Gasteiger partial charge < -0.3 is 25.9 Å². The SMILES string of the molecule is C[C@@H](NC(=O)Oc1cnc(-c2ccc3[nH]nc(N)c3c2)[nH]1)c1cccc(O)c1. The molecule has 9 heteroatoms. The number of nitrogens with two attached hydrogens (primary N) is 1. The summed E-state index contributed by atoms with van der Waals surface area (Å²) in [5.41, 5.74) is 8.19. The number of phenolic OH excluding ortho intramolecular Hbond substituents is 1. The number of hydrogen-bond donors (Lipinski definition) is 5. The van der Waals surface area contributed by atoms with Gasteiger partial charge in [0.25, 0.3) is 0 Å². The van der Waals surface area contributed by atoms with Gasteiger partial charge in [0.15, 0.2) is 5.82 Å². The fraction of sp³-hybridized carbons (Fsp3) is 0.105. The molecule has 2 heterocycles. The molecule has 9 nitrogen and oxygen atoms in total. The Kier molecular flexibility index (Phi) is 4.32. The number of ether oxygens (including phenoxy) is 1. The number of nitrogens with one attached hydrogen (secondary N) is 3. The highest BCUT2D eigenvalue weighted by Gasteiger charge is 2.14. The summed E-state index contributed by atoms with van der Waals surface area (Å²) < 4.78 is 5.26. The van der Waals surface area contributed by atoms with Crippen LogP contribution in [0.5, 0.6) is 11.6 Å². The fourth-order valence-electron chi connectivity index (χ4n) is 2.87. The van der Waals surface area contributed by atoms with Crippen molar-refractivity contribution in [2.75, 3.05) is 5.73 Å². The third-order valence-corrected chi connectivity index (χ3v) is 4.33. The minimum Gasteiger partial charge on any atom is -0.508 e. The van der Waals surface area contributed by atoms with Crippen LogP contribution in [-0.4, -0.2) is 31.4 Å². The highest BCUT2D eigenvalue weighted by Crippen LogP contribution is 2.25. The van der Waals surface area contributed by atoms with Gasteiger partial charge in [-0.1, -0.05) is 12.1 Å². The van der Waals surface area contributed by atoms with Crippen LogP contribution in [0.1, 0.15) is 18.5 Å². The van der Waals surface area contributed by atoms with Crippen LogP contribution in [0.3, 0.4) is 0 Å². The highest BCUT2D eigenvalue weighted by molar-refractivity contribution is 5.91. The maximum absolute atomic E-state index is 12.1. The first-order valence-corrected chi connectivity index (χ1v) is 8.56. The second kappa shape index (κ2) is 6.95. The van der Waals surface area contributed by atoms with Gasteiger partial charge in [-0.05, 0) is 42.8 Å². The third kappa shape index (κ3) is 3.45. The lowest BCUT2D eigenvalue weighted by atomic mass is 10.1. The lowest BCUT2D eigenvalue weighted by Gasteiger charge is -2.13. The van der Waals surface area contributed by atoms with Crippen molar-refractivity contribution in [3.63, 3.8) is 0 Å². The van der Waals surface area contributed by atoms with Crippen molar-refractivity contribution in [2.45, 2.75) is 13.0 Å². The molecule has 0 aliphatic rings. The number of anilines is 1. The number of rotatable bonds is 4. The number of fused-ring (bicyclic) bond motifs is 1. The number of H-pyrrole nitrogens is 2. The maximum atomic E-state index is 12.1. The molecule has 0 saturated heterocycles. The number of aromatic hydroxyl groups is 1. The molecule has 4 aromatic rings. The average Bonchev–Trinajstić information content (AvgIpc) is 3.28. The number of imidazole rings is 1. The summed E-state index contributed by atoms with van der Waals surface area (Å²) in [6.07, 6.45) is 0.789. The Labute approximate surface area is 159 Å². The number of phenols is 1. The van der Waals surface area contributed by atoms with Crippen molar-refractivity contribution in [3.05, 3.63) is 54.2 Å². The molecular formula is C19H18N6O3. The second-order valence-electron chi connectivity index (χ2n) is 6.32. The number of aromatic nitrogens is 4. The van der Waals surface area contributed by atoms with Crippen molar-refractivity contribution in [1.82, 2.24) is 25.5 Å². The Hall–Kier alpha value is -4.01. The number of hydrogen-bond acceptors (Lipinski definition) is 6. The fourth-order valence-corrected chi connectivity index (χ4v) is 2.87. The van der Waals surface area contributed by atoms with E-state index >= 15 is 0 Å². The molecule has 1 amide bonds. The van der Waals surface area contributed by atoms with E-state index in [2.05, 4.69) is 25.5 Å². The topological polar surface area (TPSA) is 142 Å². The average molecular weight is 378 g/mol. The standard InChI is InChI=1S/C19H18N6O3/c1-10(11-3-2-4-13(26)7-11)22-19(27)28-16-9-21-18(23-16)12-5-6-15-14(8-12)17(20)25-24-15/h2-10,26H,1H3,(H,21,23)(H,22,27)(H3,20,24,25)/t10-/m1/s1. The number of benzene rings is 2. The molecule has 0 radical (unpaired) electrons. The molecule has 0 aliphatic heterocycles. The molecule has 142 valence electrons. The lowest BCUT2D eigenvalue weighted by Crippen LogP contribution is -2.29. The molecule has 1 atom stereocenters. The summed E-state index contributed by atoms with van der Waals surface area (Å²) in [6.45, 7) is 1.79. The molecule has 2 aromatic carbocycles. The Morgan fingerprint density at radius 3 is 2.96 bits per heavy atom. The summed E-state index contributed by atoms with van der Waals surface area (Å²) in [4.78, 5) is 19.3. The van der Waals surface area contributed by atoms with Gasteiger partial charge in [-0.3, -0.25) is 5.10 Å². The van der Waals surface area contributed by atoms with Gasteiger partial charge in [-0.2, -0.15) is 5.10 Å². The maximum Gasteiger partial charge on any atom is 0.414 e. The second-order valence-corrected chi connectivity index (χ2v) is 6.32. The third-order valence-electron chi connectivity index (χ3n) is 4.33. The molecule has 6 N–H and O–H groups in total. The monoisotopic (exact) mass is 378 g/mol. The van der Waals surface area contributed by atoms with Crippen LogP contribution in [0.25, 0.3) is 22.3 Å². The van der Waals surface area contributed by atoms with Crippen LogP contribution in [-0.2, 0) is 0 Å². The normalized spacial score (nSPS) is 12.0. The van der Waals surface area contributed by atoms with Crippen LogP contribution >= 0.6 is 0 Å². The van der Waals surface area contributed by atoms with Gasteiger partial charge in [0.2, 0.25) is 5.88 Å². The van der Waals surface area contributed by atoms with E-state index in [1.54, 1.807) is 31.2 Å². The van der Waals surface area contributed by atoms with E-state index in [1.807, 2.05) is 18.2 Å². The molecular weight excluding hydrogens is 360 g/mol. The van der Waals surface area contributed by atoms with Crippen LogP contribution in [0.4, 0.5) is 10.6 Å². The summed E-state index contributed by atoms with van der Waals surface area (Å²) >= 11 is 0. The van der Waals surface area contributed by atoms with E-state index in [-0.39, 0.29) is 17.7 Å². The molecule has 2 aromatic heterocycles. The van der Waals surface area contributed by atoms with Crippen molar-refractivity contribution in [2.24, 2.45) is 0 Å². The van der Waals surface area contributed by atoms with Crippen molar-refractivity contribution in [1.29, 1.82) is 0 Å². The van der Waals surface area contributed by atoms with Gasteiger partial charge >= 0.3 is 6.09 Å². The summed E-state index contributed by atoms with van der Waals surface area (Å²) in [6, 6.07) is 11.9. The summed E-state index contributed by atoms with van der Waals surface area (Å²) in [5, 5.41) is 19.8. The zero-order chi connectivity index (χ0) is 19.7. The minimum atomic E-state index is -0.638. The van der Waals surface area contributed by atoms with Crippen LogP contribution in [0.15, 0.2) is 48.7 Å². The quantitative estimate of drug-likeness (QED) is 0.369. The Balaban J connectivity index is 1.45. The predicted octanol–water partition coefficient (Wildman–Crippen LogP) is 3.09.